The summed E-state index contributed by atoms with van der Waals surface area (Å²) in [6.45, 7) is 12.2. The molecule has 39 heavy (non-hydrogen) atoms. The molecule has 0 spiro atoms. The Kier molecular flexibility index (Phi) is 8.60. The Morgan fingerprint density at radius 1 is 1.03 bits per heavy atom. The number of aryl methyl sites for hydroxylation is 3. The molecule has 206 valence electrons. The maximum Gasteiger partial charge on any atom is 0.254 e. The maximum atomic E-state index is 13.6. The SMILES string of the molecule is CCc1cc2cc(C(=O)N(CC)Cc3nnn(C)n3)ccn2c1C(=O)c1ccc(CCCNC(C)(C)C)cc1. The lowest BCUT2D eigenvalue weighted by Crippen LogP contribution is -2.36. The number of carbonyl (C=O) groups excluding carboxylic acids is 2. The summed E-state index contributed by atoms with van der Waals surface area (Å²) < 4.78 is 1.89. The number of hydrogen-bond acceptors (Lipinski definition) is 6. The predicted octanol–water partition coefficient (Wildman–Crippen LogP) is 4.24. The highest BCUT2D eigenvalue weighted by Crippen LogP contribution is 2.23. The number of rotatable bonds is 11. The highest BCUT2D eigenvalue weighted by Gasteiger charge is 2.21. The molecule has 0 unspecified atom stereocenters. The second-order valence-electron chi connectivity index (χ2n) is 10.9. The molecule has 4 rings (SSSR count). The predicted molar refractivity (Wildman–Crippen MR) is 152 cm³/mol. The van der Waals surface area contributed by atoms with Gasteiger partial charge in [-0.25, -0.2) is 0 Å². The third kappa shape index (κ3) is 6.78. The lowest BCUT2D eigenvalue weighted by molar-refractivity contribution is 0.0748. The van der Waals surface area contributed by atoms with Crippen molar-refractivity contribution in [3.8, 4) is 0 Å². The quantitative estimate of drug-likeness (QED) is 0.231. The fourth-order valence-electron chi connectivity index (χ4n) is 4.67. The van der Waals surface area contributed by atoms with E-state index in [1.165, 1.54) is 10.4 Å². The van der Waals surface area contributed by atoms with Gasteiger partial charge >= 0.3 is 0 Å². The molecule has 4 aromatic rings. The van der Waals surface area contributed by atoms with Crippen LogP contribution in [0.3, 0.4) is 0 Å². The number of tetrazole rings is 1. The number of pyridine rings is 1. The highest BCUT2D eigenvalue weighted by atomic mass is 16.2. The maximum absolute atomic E-state index is 13.6. The number of nitrogens with one attached hydrogen (secondary N) is 1. The zero-order valence-corrected chi connectivity index (χ0v) is 23.9. The lowest BCUT2D eigenvalue weighted by atomic mass is 10.0. The molecule has 1 amide bonds. The number of hydrogen-bond donors (Lipinski definition) is 1. The second kappa shape index (κ2) is 11.9. The van der Waals surface area contributed by atoms with Crippen molar-refractivity contribution in [2.24, 2.45) is 7.05 Å². The van der Waals surface area contributed by atoms with Crippen molar-refractivity contribution in [2.75, 3.05) is 13.1 Å². The van der Waals surface area contributed by atoms with Crippen LogP contribution in [0.2, 0.25) is 0 Å². The number of carbonyl (C=O) groups is 2. The van der Waals surface area contributed by atoms with Crippen LogP contribution in [-0.4, -0.2) is 59.8 Å². The van der Waals surface area contributed by atoms with E-state index in [4.69, 9.17) is 0 Å². The van der Waals surface area contributed by atoms with E-state index in [1.54, 1.807) is 18.0 Å². The largest absolute Gasteiger partial charge is 0.331 e. The van der Waals surface area contributed by atoms with E-state index in [9.17, 15) is 9.59 Å². The van der Waals surface area contributed by atoms with Crippen molar-refractivity contribution in [1.29, 1.82) is 0 Å². The molecule has 9 heteroatoms. The summed E-state index contributed by atoms with van der Waals surface area (Å²) >= 11 is 0. The summed E-state index contributed by atoms with van der Waals surface area (Å²) in [5.74, 6) is 0.355. The van der Waals surface area contributed by atoms with Gasteiger partial charge in [0.1, 0.15) is 0 Å². The fourth-order valence-corrected chi connectivity index (χ4v) is 4.67. The van der Waals surface area contributed by atoms with E-state index in [-0.39, 0.29) is 23.8 Å². The summed E-state index contributed by atoms with van der Waals surface area (Å²) in [6, 6.07) is 13.6. The third-order valence-corrected chi connectivity index (χ3v) is 6.76. The number of ketones is 1. The van der Waals surface area contributed by atoms with Crippen molar-refractivity contribution >= 4 is 17.2 Å². The lowest BCUT2D eigenvalue weighted by Gasteiger charge is -2.20. The number of amides is 1. The Morgan fingerprint density at radius 3 is 2.38 bits per heavy atom. The fraction of sp³-hybridized carbons (Fsp3) is 0.433. The molecule has 3 heterocycles. The van der Waals surface area contributed by atoms with Crippen LogP contribution in [0, 0.1) is 0 Å². The Hall–Kier alpha value is -3.85. The number of benzene rings is 1. The normalized spacial score (nSPS) is 11.7. The molecule has 0 aliphatic heterocycles. The van der Waals surface area contributed by atoms with Crippen LogP contribution < -0.4 is 5.32 Å². The minimum atomic E-state index is -0.118. The first-order valence-corrected chi connectivity index (χ1v) is 13.6. The van der Waals surface area contributed by atoms with Crippen LogP contribution in [0.15, 0.2) is 48.7 Å². The third-order valence-electron chi connectivity index (χ3n) is 6.76. The van der Waals surface area contributed by atoms with E-state index in [1.807, 2.05) is 60.8 Å². The van der Waals surface area contributed by atoms with Gasteiger partial charge in [0.25, 0.3) is 5.91 Å². The minimum Gasteiger partial charge on any atom is -0.331 e. The molecule has 3 aromatic heterocycles. The van der Waals surface area contributed by atoms with Crippen LogP contribution in [0.1, 0.15) is 84.4 Å². The Balaban J connectivity index is 1.52. The average molecular weight is 530 g/mol. The van der Waals surface area contributed by atoms with Gasteiger partial charge in [-0.15, -0.1) is 10.2 Å². The zero-order chi connectivity index (χ0) is 28.2. The molecule has 0 aliphatic rings. The van der Waals surface area contributed by atoms with Crippen LogP contribution in [0.25, 0.3) is 5.52 Å². The van der Waals surface area contributed by atoms with Crippen molar-refractivity contribution in [3.63, 3.8) is 0 Å². The smallest absolute Gasteiger partial charge is 0.254 e. The molecule has 0 bridgehead atoms. The number of fused-ring (bicyclic) bond motifs is 1. The van der Waals surface area contributed by atoms with Gasteiger partial charge in [0, 0.05) is 34.9 Å². The first-order valence-electron chi connectivity index (χ1n) is 13.6. The van der Waals surface area contributed by atoms with E-state index in [0.717, 1.165) is 30.5 Å². The molecule has 0 radical (unpaired) electrons. The Labute approximate surface area is 230 Å². The number of nitrogens with zero attached hydrogens (tertiary/aromatic N) is 6. The summed E-state index contributed by atoms with van der Waals surface area (Å²) in [5, 5.41) is 15.5. The summed E-state index contributed by atoms with van der Waals surface area (Å²) in [6.07, 6.45) is 4.54. The molecule has 1 aromatic carbocycles. The van der Waals surface area contributed by atoms with Crippen LogP contribution in [-0.2, 0) is 26.4 Å². The van der Waals surface area contributed by atoms with Crippen molar-refractivity contribution in [3.05, 3.63) is 82.4 Å². The average Bonchev–Trinajstić information content (AvgIpc) is 3.50. The summed E-state index contributed by atoms with van der Waals surface area (Å²) in [4.78, 5) is 30.0. The number of aromatic nitrogens is 5. The Bertz CT molecular complexity index is 1440. The van der Waals surface area contributed by atoms with E-state index >= 15 is 0 Å². The van der Waals surface area contributed by atoms with Crippen LogP contribution >= 0.6 is 0 Å². The topological polar surface area (TPSA) is 97.4 Å². The van der Waals surface area contributed by atoms with Gasteiger partial charge in [-0.05, 0) is 88.0 Å². The van der Waals surface area contributed by atoms with Crippen LogP contribution in [0.4, 0.5) is 0 Å². The van der Waals surface area contributed by atoms with Gasteiger partial charge < -0.3 is 14.6 Å². The summed E-state index contributed by atoms with van der Waals surface area (Å²) in [5.41, 5.74) is 4.97. The van der Waals surface area contributed by atoms with E-state index in [0.29, 0.717) is 35.6 Å². The zero-order valence-electron chi connectivity index (χ0n) is 23.9. The molecule has 0 atom stereocenters. The van der Waals surface area contributed by atoms with Crippen molar-refractivity contribution < 1.29 is 9.59 Å². The molecular formula is C30H39N7O2. The van der Waals surface area contributed by atoms with Gasteiger partial charge in [-0.1, -0.05) is 31.2 Å². The molecule has 0 aliphatic carbocycles. The van der Waals surface area contributed by atoms with E-state index in [2.05, 4.69) is 41.5 Å². The summed E-state index contributed by atoms with van der Waals surface area (Å²) in [7, 11) is 1.70. The van der Waals surface area contributed by atoms with Crippen molar-refractivity contribution in [2.45, 2.75) is 66.0 Å². The second-order valence-corrected chi connectivity index (χ2v) is 10.9. The monoisotopic (exact) mass is 529 g/mol. The van der Waals surface area contributed by atoms with Gasteiger partial charge in [0.2, 0.25) is 5.78 Å². The first-order chi connectivity index (χ1) is 18.6. The Morgan fingerprint density at radius 2 is 1.77 bits per heavy atom. The molecular weight excluding hydrogens is 490 g/mol. The van der Waals surface area contributed by atoms with Crippen molar-refractivity contribution in [1.82, 2.24) is 34.8 Å². The molecule has 9 nitrogen and oxygen atoms in total. The molecule has 0 fully saturated rings. The molecule has 1 N–H and O–H groups in total. The first kappa shape index (κ1) is 28.2. The van der Waals surface area contributed by atoms with Gasteiger partial charge in [0.05, 0.1) is 19.3 Å². The van der Waals surface area contributed by atoms with Gasteiger partial charge in [-0.3, -0.25) is 9.59 Å². The standard InChI is InChI=1S/C30H39N7O2/c1-7-22-18-25-19-24(29(39)36(8-2)20-26-32-34-35(6)33-26)15-17-37(25)27(22)28(38)23-13-11-21(12-14-23)10-9-16-31-30(3,4)5/h11-15,17-19,31H,7-10,16,20H2,1-6H3. The van der Waals surface area contributed by atoms with Gasteiger partial charge in [-0.2, -0.15) is 4.80 Å². The molecule has 0 saturated carbocycles. The van der Waals surface area contributed by atoms with E-state index < -0.39 is 0 Å². The minimum absolute atomic E-state index is 0.0178. The molecule has 0 saturated heterocycles. The van der Waals surface area contributed by atoms with Crippen LogP contribution in [0.5, 0.6) is 0 Å². The highest BCUT2D eigenvalue weighted by molar-refractivity contribution is 6.10. The van der Waals surface area contributed by atoms with Gasteiger partial charge in [0.15, 0.2) is 5.82 Å².